The summed E-state index contributed by atoms with van der Waals surface area (Å²) in [5.74, 6) is 1.16. The minimum atomic E-state index is -0.0850. The van der Waals surface area contributed by atoms with E-state index >= 15 is 0 Å². The lowest BCUT2D eigenvalue weighted by Gasteiger charge is -2.32. The number of piperidine rings is 1. The monoisotopic (exact) mass is 373 g/mol. The Bertz CT molecular complexity index is 1030. The number of anilines is 1. The highest BCUT2D eigenvalue weighted by Crippen LogP contribution is 2.22. The second-order valence-corrected chi connectivity index (χ2v) is 6.78. The first-order valence-electron chi connectivity index (χ1n) is 9.18. The summed E-state index contributed by atoms with van der Waals surface area (Å²) in [6.45, 7) is 2.28. The highest BCUT2D eigenvalue weighted by molar-refractivity contribution is 5.57. The minimum absolute atomic E-state index is 0.0850. The van der Waals surface area contributed by atoms with Crippen LogP contribution in [0.15, 0.2) is 53.8 Å². The maximum Gasteiger partial charge on any atom is 0.266 e. The second-order valence-electron chi connectivity index (χ2n) is 6.78. The lowest BCUT2D eigenvalue weighted by molar-refractivity contribution is 0.335. The molecular weight excluding hydrogens is 354 g/mol. The Hall–Kier alpha value is -3.60. The molecule has 4 heterocycles. The molecule has 0 saturated carbocycles. The summed E-state index contributed by atoms with van der Waals surface area (Å²) in [6.07, 6.45) is 8.45. The quantitative estimate of drug-likeness (QED) is 0.688. The third kappa shape index (κ3) is 3.88. The Balaban J connectivity index is 1.42. The van der Waals surface area contributed by atoms with Crippen LogP contribution in [0.2, 0.25) is 0 Å². The molecule has 0 bridgehead atoms. The number of rotatable bonds is 4. The van der Waals surface area contributed by atoms with Gasteiger partial charge in [0, 0.05) is 43.7 Å². The van der Waals surface area contributed by atoms with Crippen molar-refractivity contribution >= 4 is 5.82 Å². The summed E-state index contributed by atoms with van der Waals surface area (Å²) in [5.41, 5.74) is 1.95. The Morgan fingerprint density at radius 2 is 1.86 bits per heavy atom. The van der Waals surface area contributed by atoms with Gasteiger partial charge in [-0.1, -0.05) is 0 Å². The first kappa shape index (κ1) is 17.8. The van der Waals surface area contributed by atoms with Crippen LogP contribution in [0, 0.1) is 17.2 Å². The molecule has 28 heavy (non-hydrogen) atoms. The molecule has 1 aliphatic rings. The highest BCUT2D eigenvalue weighted by Gasteiger charge is 2.21. The lowest BCUT2D eigenvalue weighted by Crippen LogP contribution is -2.37. The first-order valence-corrected chi connectivity index (χ1v) is 9.18. The molecule has 140 valence electrons. The fourth-order valence-corrected chi connectivity index (χ4v) is 3.39. The van der Waals surface area contributed by atoms with E-state index in [4.69, 9.17) is 5.26 Å². The van der Waals surface area contributed by atoms with Crippen molar-refractivity contribution in [1.82, 2.24) is 24.7 Å². The van der Waals surface area contributed by atoms with Gasteiger partial charge in [-0.2, -0.15) is 10.4 Å². The van der Waals surface area contributed by atoms with E-state index in [1.54, 1.807) is 35.4 Å². The van der Waals surface area contributed by atoms with E-state index in [9.17, 15) is 4.79 Å². The molecule has 0 unspecified atom stereocenters. The Morgan fingerprint density at radius 3 is 2.54 bits per heavy atom. The molecule has 3 aromatic heterocycles. The zero-order valence-corrected chi connectivity index (χ0v) is 15.3. The maximum absolute atomic E-state index is 12.3. The SMILES string of the molecule is N#Cc1cnc(N2CCC(Cn3nc(-c4ccncc4)ccc3=O)CC2)cn1. The fraction of sp³-hybridized carbons (Fsp3) is 0.300. The molecule has 0 N–H and O–H groups in total. The molecule has 4 rings (SSSR count). The van der Waals surface area contributed by atoms with Gasteiger partial charge in [-0.15, -0.1) is 0 Å². The van der Waals surface area contributed by atoms with Crippen molar-refractivity contribution in [1.29, 1.82) is 5.26 Å². The molecule has 1 saturated heterocycles. The van der Waals surface area contributed by atoms with Crippen LogP contribution in [0.3, 0.4) is 0 Å². The molecule has 3 aromatic rings. The van der Waals surface area contributed by atoms with Crippen LogP contribution in [0.4, 0.5) is 5.82 Å². The summed E-state index contributed by atoms with van der Waals surface area (Å²) in [4.78, 5) is 26.8. The van der Waals surface area contributed by atoms with Gasteiger partial charge in [0.15, 0.2) is 5.69 Å². The number of nitrogens with zero attached hydrogens (tertiary/aromatic N) is 7. The van der Waals surface area contributed by atoms with Crippen molar-refractivity contribution in [3.05, 3.63) is 65.1 Å². The van der Waals surface area contributed by atoms with Crippen molar-refractivity contribution < 1.29 is 0 Å². The Kier molecular flexibility index (Phi) is 5.06. The minimum Gasteiger partial charge on any atom is -0.355 e. The van der Waals surface area contributed by atoms with Crippen molar-refractivity contribution in [2.24, 2.45) is 5.92 Å². The standard InChI is InChI=1S/C20H19N7O/c21-11-17-12-24-19(13-23-17)26-9-5-15(6-10-26)14-27-20(28)2-1-18(25-27)16-3-7-22-8-4-16/h1-4,7-8,12-13,15H,5-6,9-10,14H2. The van der Waals surface area contributed by atoms with Crippen LogP contribution in [0.5, 0.6) is 0 Å². The zero-order valence-electron chi connectivity index (χ0n) is 15.3. The predicted molar refractivity (Wildman–Crippen MR) is 103 cm³/mol. The van der Waals surface area contributed by atoms with E-state index in [0.29, 0.717) is 18.2 Å². The number of hydrogen-bond donors (Lipinski definition) is 0. The fourth-order valence-electron chi connectivity index (χ4n) is 3.39. The molecule has 0 aromatic carbocycles. The van der Waals surface area contributed by atoms with Gasteiger partial charge in [0.05, 0.1) is 18.1 Å². The molecule has 1 fully saturated rings. The summed E-state index contributed by atoms with van der Waals surface area (Å²) < 4.78 is 1.57. The molecule has 0 aliphatic carbocycles. The van der Waals surface area contributed by atoms with E-state index < -0.39 is 0 Å². The van der Waals surface area contributed by atoms with Crippen molar-refractivity contribution in [3.8, 4) is 17.3 Å². The van der Waals surface area contributed by atoms with Crippen LogP contribution < -0.4 is 10.5 Å². The molecule has 0 amide bonds. The van der Waals surface area contributed by atoms with E-state index in [-0.39, 0.29) is 5.56 Å². The van der Waals surface area contributed by atoms with Gasteiger partial charge < -0.3 is 4.90 Å². The van der Waals surface area contributed by atoms with E-state index in [1.165, 1.54) is 6.20 Å². The maximum atomic E-state index is 12.3. The molecule has 0 spiro atoms. The largest absolute Gasteiger partial charge is 0.355 e. The predicted octanol–water partition coefficient (Wildman–Crippen LogP) is 1.88. The summed E-state index contributed by atoms with van der Waals surface area (Å²) in [7, 11) is 0. The van der Waals surface area contributed by atoms with Gasteiger partial charge in [-0.3, -0.25) is 9.78 Å². The molecule has 8 nitrogen and oxygen atoms in total. The van der Waals surface area contributed by atoms with Crippen LogP contribution >= 0.6 is 0 Å². The van der Waals surface area contributed by atoms with Crippen molar-refractivity contribution in [2.75, 3.05) is 18.0 Å². The molecule has 1 aliphatic heterocycles. The van der Waals surface area contributed by atoms with E-state index in [1.807, 2.05) is 18.2 Å². The van der Waals surface area contributed by atoms with Crippen LogP contribution in [-0.2, 0) is 6.54 Å². The summed E-state index contributed by atoms with van der Waals surface area (Å²) in [6, 6.07) is 9.07. The van der Waals surface area contributed by atoms with Crippen LogP contribution in [-0.4, -0.2) is 37.8 Å². The molecule has 0 atom stereocenters. The van der Waals surface area contributed by atoms with Crippen LogP contribution in [0.1, 0.15) is 18.5 Å². The van der Waals surface area contributed by atoms with Crippen molar-refractivity contribution in [3.63, 3.8) is 0 Å². The van der Waals surface area contributed by atoms with Crippen LogP contribution in [0.25, 0.3) is 11.3 Å². The number of pyridine rings is 1. The topological polar surface area (TPSA) is 101 Å². The van der Waals surface area contributed by atoms with Gasteiger partial charge >= 0.3 is 0 Å². The summed E-state index contributed by atoms with van der Waals surface area (Å²) >= 11 is 0. The summed E-state index contributed by atoms with van der Waals surface area (Å²) in [5, 5.41) is 13.4. The Morgan fingerprint density at radius 1 is 1.07 bits per heavy atom. The van der Waals surface area contributed by atoms with Gasteiger partial charge in [0.1, 0.15) is 11.9 Å². The molecular formula is C20H19N7O. The highest BCUT2D eigenvalue weighted by atomic mass is 16.1. The number of aromatic nitrogens is 5. The van der Waals surface area contributed by atoms with Gasteiger partial charge in [-0.05, 0) is 37.0 Å². The smallest absolute Gasteiger partial charge is 0.266 e. The number of hydrogen-bond acceptors (Lipinski definition) is 7. The molecule has 8 heteroatoms. The normalized spacial score (nSPS) is 14.6. The number of nitriles is 1. The van der Waals surface area contributed by atoms with E-state index in [0.717, 1.165) is 43.0 Å². The Labute approximate surface area is 162 Å². The average molecular weight is 373 g/mol. The van der Waals surface area contributed by atoms with Gasteiger partial charge in [-0.25, -0.2) is 14.6 Å². The third-order valence-corrected chi connectivity index (χ3v) is 4.97. The third-order valence-electron chi connectivity index (χ3n) is 4.97. The van der Waals surface area contributed by atoms with Crippen molar-refractivity contribution in [2.45, 2.75) is 19.4 Å². The van der Waals surface area contributed by atoms with E-state index in [2.05, 4.69) is 25.0 Å². The lowest BCUT2D eigenvalue weighted by atomic mass is 9.97. The first-order chi connectivity index (χ1) is 13.7. The van der Waals surface area contributed by atoms with Gasteiger partial charge in [0.25, 0.3) is 5.56 Å². The zero-order chi connectivity index (χ0) is 19.3. The second kappa shape index (κ2) is 7.96. The van der Waals surface area contributed by atoms with Gasteiger partial charge in [0.2, 0.25) is 0 Å². The molecule has 0 radical (unpaired) electrons. The average Bonchev–Trinajstić information content (AvgIpc) is 2.76.